The minimum atomic E-state index is -0.961. The molecule has 3 aromatic rings. The minimum absolute atomic E-state index is 0.286. The Morgan fingerprint density at radius 3 is 2.69 bits per heavy atom. The van der Waals surface area contributed by atoms with Crippen LogP contribution in [0.4, 0.5) is 8.78 Å². The van der Waals surface area contributed by atoms with E-state index in [0.717, 1.165) is 16.8 Å². The van der Waals surface area contributed by atoms with E-state index in [-0.39, 0.29) is 17.4 Å². The summed E-state index contributed by atoms with van der Waals surface area (Å²) in [5, 5.41) is 14.3. The molecule has 4 rings (SSSR count). The molecule has 0 fully saturated rings. The normalized spacial score (nSPS) is 18.5. The summed E-state index contributed by atoms with van der Waals surface area (Å²) in [6.45, 7) is 1.58. The number of Topliss-reactive ketones (excluding diaryl/α,β-unsaturated/α-hetero) is 1. The molecule has 1 heterocycles. The number of carbonyl (C=O) groups is 1. The molecule has 1 aliphatic carbocycles. The molecule has 0 bridgehead atoms. The van der Waals surface area contributed by atoms with E-state index in [1.165, 1.54) is 18.2 Å². The first-order chi connectivity index (χ1) is 13.9. The Morgan fingerprint density at radius 1 is 1.21 bits per heavy atom. The van der Waals surface area contributed by atoms with Crippen molar-refractivity contribution in [1.29, 1.82) is 0 Å². The number of rotatable bonds is 5. The van der Waals surface area contributed by atoms with Crippen LogP contribution in [0.2, 0.25) is 0 Å². The van der Waals surface area contributed by atoms with Gasteiger partial charge < -0.3 is 5.11 Å². The summed E-state index contributed by atoms with van der Waals surface area (Å²) in [4.78, 5) is 12.9. The molecule has 1 atom stereocenters. The lowest BCUT2D eigenvalue weighted by Crippen LogP contribution is -2.43. The highest BCUT2D eigenvalue weighted by atomic mass is 19.1. The predicted octanol–water partition coefficient (Wildman–Crippen LogP) is 3.51. The van der Waals surface area contributed by atoms with Crippen LogP contribution in [0.15, 0.2) is 48.7 Å². The first-order valence-corrected chi connectivity index (χ1v) is 9.62. The Kier molecular flexibility index (Phi) is 5.04. The SMILES string of the molecule is Cc1c(F)cccc1C1(C(=O)CO)CCc2nn(Cc3ccc(F)cc3)cc2C1. The van der Waals surface area contributed by atoms with Gasteiger partial charge in [0.05, 0.1) is 17.7 Å². The molecule has 0 saturated heterocycles. The number of aliphatic hydroxyl groups excluding tert-OH is 1. The quantitative estimate of drug-likeness (QED) is 0.718. The summed E-state index contributed by atoms with van der Waals surface area (Å²) in [6, 6.07) is 11.0. The van der Waals surface area contributed by atoms with Gasteiger partial charge in [-0.2, -0.15) is 5.10 Å². The van der Waals surface area contributed by atoms with Crippen LogP contribution in [0.3, 0.4) is 0 Å². The first-order valence-electron chi connectivity index (χ1n) is 9.62. The standard InChI is InChI=1S/C23H22F2N2O2/c1-15-19(3-2-4-20(15)25)23(22(29)14-28)10-9-21-17(11-23)13-27(26-21)12-16-5-7-18(24)8-6-16/h2-8,13,28H,9-12,14H2,1H3. The van der Waals surface area contributed by atoms with Crippen LogP contribution in [-0.2, 0) is 29.6 Å². The molecule has 0 amide bonds. The van der Waals surface area contributed by atoms with Gasteiger partial charge >= 0.3 is 0 Å². The van der Waals surface area contributed by atoms with Crippen molar-refractivity contribution in [2.75, 3.05) is 6.61 Å². The zero-order chi connectivity index (χ0) is 20.6. The van der Waals surface area contributed by atoms with Crippen molar-refractivity contribution < 1.29 is 18.7 Å². The first kappa shape index (κ1) is 19.5. The van der Waals surface area contributed by atoms with Crippen molar-refractivity contribution in [3.05, 3.63) is 88.2 Å². The maximum Gasteiger partial charge on any atom is 0.169 e. The van der Waals surface area contributed by atoms with Crippen molar-refractivity contribution >= 4 is 5.78 Å². The van der Waals surface area contributed by atoms with Crippen molar-refractivity contribution in [1.82, 2.24) is 9.78 Å². The van der Waals surface area contributed by atoms with Gasteiger partial charge in [0.1, 0.15) is 18.2 Å². The number of carbonyl (C=O) groups excluding carboxylic acids is 1. The smallest absolute Gasteiger partial charge is 0.169 e. The van der Waals surface area contributed by atoms with Gasteiger partial charge in [-0.15, -0.1) is 0 Å². The average Bonchev–Trinajstić information content (AvgIpc) is 3.12. The molecule has 150 valence electrons. The monoisotopic (exact) mass is 396 g/mol. The van der Waals surface area contributed by atoms with Crippen LogP contribution in [0, 0.1) is 18.6 Å². The molecule has 1 unspecified atom stereocenters. The van der Waals surface area contributed by atoms with Gasteiger partial charge in [0, 0.05) is 6.20 Å². The molecule has 2 aromatic carbocycles. The lowest BCUT2D eigenvalue weighted by Gasteiger charge is -2.36. The number of hydrogen-bond donors (Lipinski definition) is 1. The molecular formula is C23H22F2N2O2. The number of aliphatic hydroxyl groups is 1. The fraction of sp³-hybridized carbons (Fsp3) is 0.304. The molecule has 29 heavy (non-hydrogen) atoms. The molecule has 1 N–H and O–H groups in total. The third-order valence-corrected chi connectivity index (χ3v) is 5.92. The van der Waals surface area contributed by atoms with E-state index in [4.69, 9.17) is 0 Å². The van der Waals surface area contributed by atoms with Gasteiger partial charge in [-0.05, 0) is 66.6 Å². The number of halogens is 2. The lowest BCUT2D eigenvalue weighted by atomic mass is 9.65. The predicted molar refractivity (Wildman–Crippen MR) is 105 cm³/mol. The van der Waals surface area contributed by atoms with Crippen molar-refractivity contribution in [3.63, 3.8) is 0 Å². The molecule has 0 radical (unpaired) electrons. The molecule has 0 spiro atoms. The topological polar surface area (TPSA) is 55.1 Å². The van der Waals surface area contributed by atoms with E-state index in [0.29, 0.717) is 36.9 Å². The van der Waals surface area contributed by atoms with Gasteiger partial charge in [0.2, 0.25) is 0 Å². The number of nitrogens with zero attached hydrogens (tertiary/aromatic N) is 2. The number of aromatic nitrogens is 2. The van der Waals surface area contributed by atoms with E-state index in [1.54, 1.807) is 35.9 Å². The summed E-state index contributed by atoms with van der Waals surface area (Å²) in [6.07, 6.45) is 3.30. The zero-order valence-corrected chi connectivity index (χ0v) is 16.2. The van der Waals surface area contributed by atoms with Gasteiger partial charge in [-0.25, -0.2) is 8.78 Å². The molecule has 0 saturated carbocycles. The van der Waals surface area contributed by atoms with Crippen LogP contribution >= 0.6 is 0 Å². The van der Waals surface area contributed by atoms with Crippen LogP contribution in [0.5, 0.6) is 0 Å². The van der Waals surface area contributed by atoms with Gasteiger partial charge in [-0.1, -0.05) is 24.3 Å². The van der Waals surface area contributed by atoms with E-state index in [1.807, 2.05) is 6.20 Å². The molecule has 1 aromatic heterocycles. The Labute approximate surface area is 167 Å². The van der Waals surface area contributed by atoms with Crippen LogP contribution in [0.25, 0.3) is 0 Å². The van der Waals surface area contributed by atoms with E-state index >= 15 is 0 Å². The fourth-order valence-electron chi connectivity index (χ4n) is 4.36. The molecule has 6 heteroatoms. The Bertz CT molecular complexity index is 1060. The van der Waals surface area contributed by atoms with Crippen molar-refractivity contribution in [2.45, 2.75) is 38.1 Å². The highest BCUT2D eigenvalue weighted by Crippen LogP contribution is 2.41. The molecule has 0 aliphatic heterocycles. The Morgan fingerprint density at radius 2 is 1.97 bits per heavy atom. The van der Waals surface area contributed by atoms with Gasteiger partial charge in [-0.3, -0.25) is 9.48 Å². The molecule has 4 nitrogen and oxygen atoms in total. The minimum Gasteiger partial charge on any atom is -0.389 e. The summed E-state index contributed by atoms with van der Waals surface area (Å²) in [7, 11) is 0. The van der Waals surface area contributed by atoms with Crippen molar-refractivity contribution in [3.8, 4) is 0 Å². The molecule has 1 aliphatic rings. The number of hydrogen-bond acceptors (Lipinski definition) is 3. The Hall–Kier alpha value is -2.86. The summed E-state index contributed by atoms with van der Waals surface area (Å²) < 4.78 is 29.1. The number of aryl methyl sites for hydroxylation is 1. The zero-order valence-electron chi connectivity index (χ0n) is 16.2. The lowest BCUT2D eigenvalue weighted by molar-refractivity contribution is -0.128. The van der Waals surface area contributed by atoms with E-state index in [9.17, 15) is 18.7 Å². The second kappa shape index (κ2) is 7.52. The van der Waals surface area contributed by atoms with Crippen LogP contribution in [-0.4, -0.2) is 27.3 Å². The fourth-order valence-corrected chi connectivity index (χ4v) is 4.36. The average molecular weight is 396 g/mol. The second-order valence-electron chi connectivity index (χ2n) is 7.68. The van der Waals surface area contributed by atoms with E-state index < -0.39 is 12.0 Å². The Balaban J connectivity index is 1.69. The van der Waals surface area contributed by atoms with Crippen molar-refractivity contribution in [2.24, 2.45) is 0 Å². The van der Waals surface area contributed by atoms with Gasteiger partial charge in [0.25, 0.3) is 0 Å². The van der Waals surface area contributed by atoms with Gasteiger partial charge in [0.15, 0.2) is 5.78 Å². The highest BCUT2D eigenvalue weighted by Gasteiger charge is 2.44. The molecular weight excluding hydrogens is 374 g/mol. The number of ketones is 1. The summed E-state index contributed by atoms with van der Waals surface area (Å²) in [5.74, 6) is -0.945. The van der Waals surface area contributed by atoms with Crippen LogP contribution in [0.1, 0.15) is 34.4 Å². The third kappa shape index (κ3) is 3.49. The van der Waals surface area contributed by atoms with Crippen LogP contribution < -0.4 is 0 Å². The third-order valence-electron chi connectivity index (χ3n) is 5.92. The number of benzene rings is 2. The van der Waals surface area contributed by atoms with E-state index in [2.05, 4.69) is 5.10 Å². The maximum absolute atomic E-state index is 14.2. The number of fused-ring (bicyclic) bond motifs is 1. The largest absolute Gasteiger partial charge is 0.389 e. The maximum atomic E-state index is 14.2. The summed E-state index contributed by atoms with van der Waals surface area (Å²) >= 11 is 0. The summed E-state index contributed by atoms with van der Waals surface area (Å²) in [5.41, 5.74) is 2.86. The second-order valence-corrected chi connectivity index (χ2v) is 7.68. The highest BCUT2D eigenvalue weighted by molar-refractivity contribution is 5.92.